The predicted octanol–water partition coefficient (Wildman–Crippen LogP) is 1.76. The molecule has 0 aliphatic rings. The molecule has 0 fully saturated rings. The van der Waals surface area contributed by atoms with E-state index in [0.717, 1.165) is 0 Å². The molecule has 0 saturated carbocycles. The molecule has 0 atom stereocenters. The second kappa shape index (κ2) is 5.03. The van der Waals surface area contributed by atoms with Crippen LogP contribution in [0.3, 0.4) is 0 Å². The van der Waals surface area contributed by atoms with E-state index in [1.807, 2.05) is 13.8 Å². The topological polar surface area (TPSA) is 26.3 Å². The van der Waals surface area contributed by atoms with Crippen molar-refractivity contribution in [1.82, 2.24) is 0 Å². The molecule has 0 heterocycles. The molecule has 0 aromatic rings. The zero-order chi connectivity index (χ0) is 7.98. The lowest BCUT2D eigenvalue weighted by atomic mass is 10.2. The van der Waals surface area contributed by atoms with Gasteiger partial charge in [0.05, 0.1) is 6.61 Å². The number of carbonyl (C=O) groups is 1. The second-order valence-corrected chi connectivity index (χ2v) is 2.52. The molecule has 0 unspecified atom stereocenters. The van der Waals surface area contributed by atoms with Crippen molar-refractivity contribution in [3.63, 3.8) is 0 Å². The van der Waals surface area contributed by atoms with Crippen molar-refractivity contribution in [1.29, 1.82) is 0 Å². The summed E-state index contributed by atoms with van der Waals surface area (Å²) in [4.78, 5) is 10.6. The fourth-order valence-electron chi connectivity index (χ4n) is 0.433. The van der Waals surface area contributed by atoms with Crippen LogP contribution in [0, 0.1) is 5.92 Å². The first-order valence-corrected chi connectivity index (χ1v) is 3.46. The molecule has 0 spiro atoms. The highest BCUT2D eigenvalue weighted by Crippen LogP contribution is 1.92. The van der Waals surface area contributed by atoms with Gasteiger partial charge >= 0.3 is 5.97 Å². The van der Waals surface area contributed by atoms with E-state index >= 15 is 0 Å². The Morgan fingerprint density at radius 3 is 2.60 bits per heavy atom. The van der Waals surface area contributed by atoms with Crippen LogP contribution >= 0.6 is 0 Å². The summed E-state index contributed by atoms with van der Waals surface area (Å²) in [6.45, 7) is 6.30. The summed E-state index contributed by atoms with van der Waals surface area (Å²) in [6.07, 6.45) is 3.09. The molecule has 0 saturated heterocycles. The van der Waals surface area contributed by atoms with Gasteiger partial charge in [0.1, 0.15) is 0 Å². The molecule has 0 aromatic heterocycles. The number of hydrogen-bond acceptors (Lipinski definition) is 2. The van der Waals surface area contributed by atoms with E-state index in [9.17, 15) is 4.79 Å². The highest BCUT2D eigenvalue weighted by Gasteiger charge is 1.97. The maximum atomic E-state index is 10.6. The van der Waals surface area contributed by atoms with E-state index in [-0.39, 0.29) is 5.97 Å². The third kappa shape index (κ3) is 5.35. The largest absolute Gasteiger partial charge is 0.462 e. The van der Waals surface area contributed by atoms with Gasteiger partial charge in [-0.25, -0.2) is 4.79 Å². The van der Waals surface area contributed by atoms with Crippen LogP contribution in [0.25, 0.3) is 0 Å². The van der Waals surface area contributed by atoms with Gasteiger partial charge in [0.25, 0.3) is 0 Å². The van der Waals surface area contributed by atoms with E-state index in [4.69, 9.17) is 4.74 Å². The highest BCUT2D eigenvalue weighted by molar-refractivity contribution is 5.81. The quantitative estimate of drug-likeness (QED) is 0.443. The molecule has 0 radical (unpaired) electrons. The summed E-state index contributed by atoms with van der Waals surface area (Å²) in [7, 11) is 0. The van der Waals surface area contributed by atoms with Gasteiger partial charge in [0.2, 0.25) is 0 Å². The van der Waals surface area contributed by atoms with E-state index < -0.39 is 0 Å². The van der Waals surface area contributed by atoms with Crippen LogP contribution < -0.4 is 0 Å². The van der Waals surface area contributed by atoms with Gasteiger partial charge in [-0.05, 0) is 12.8 Å². The van der Waals surface area contributed by atoms with Crippen molar-refractivity contribution in [2.45, 2.75) is 20.8 Å². The fourth-order valence-corrected chi connectivity index (χ4v) is 0.433. The summed E-state index contributed by atoms with van der Waals surface area (Å²) in [5, 5.41) is 0. The van der Waals surface area contributed by atoms with Crippen molar-refractivity contribution in [2.24, 2.45) is 5.92 Å². The average molecular weight is 142 g/mol. The number of ether oxygens (including phenoxy) is 1. The molecule has 0 rings (SSSR count). The second-order valence-electron chi connectivity index (χ2n) is 2.52. The Hall–Kier alpha value is -0.790. The van der Waals surface area contributed by atoms with Gasteiger partial charge in [-0.1, -0.05) is 19.9 Å². The summed E-state index contributed by atoms with van der Waals surface area (Å²) < 4.78 is 4.82. The van der Waals surface area contributed by atoms with Gasteiger partial charge in [-0.3, -0.25) is 0 Å². The Balaban J connectivity index is 3.40. The van der Waals surface area contributed by atoms with Gasteiger partial charge in [-0.15, -0.1) is 0 Å². The van der Waals surface area contributed by atoms with Crippen LogP contribution in [0.2, 0.25) is 0 Å². The fraction of sp³-hybridized carbons (Fsp3) is 0.625. The molecule has 2 nitrogen and oxygen atoms in total. The van der Waals surface area contributed by atoms with Crippen molar-refractivity contribution in [3.05, 3.63) is 12.2 Å². The zero-order valence-corrected chi connectivity index (χ0v) is 6.76. The Bertz CT molecular complexity index is 125. The number of rotatable bonds is 3. The molecule has 58 valence electrons. The molecule has 2 heteroatoms. The third-order valence-electron chi connectivity index (χ3n) is 0.862. The standard InChI is InChI=1S/C8H14O2/c1-4-5-8(9)10-6-7(2)3/h4-5,7H,6H2,1-3H3. The smallest absolute Gasteiger partial charge is 0.330 e. The molecule has 0 aliphatic carbocycles. The average Bonchev–Trinajstić information content (AvgIpc) is 1.85. The van der Waals surface area contributed by atoms with E-state index in [1.54, 1.807) is 13.0 Å². The monoisotopic (exact) mass is 142 g/mol. The normalized spacial score (nSPS) is 10.8. The summed E-state index contributed by atoms with van der Waals surface area (Å²) in [6, 6.07) is 0. The van der Waals surface area contributed by atoms with Crippen molar-refractivity contribution < 1.29 is 9.53 Å². The minimum atomic E-state index is -0.254. The van der Waals surface area contributed by atoms with Crippen LogP contribution in [0.15, 0.2) is 12.2 Å². The molecular weight excluding hydrogens is 128 g/mol. The van der Waals surface area contributed by atoms with Crippen LogP contribution in [-0.4, -0.2) is 12.6 Å². The lowest BCUT2D eigenvalue weighted by molar-refractivity contribution is -0.138. The van der Waals surface area contributed by atoms with E-state index in [1.165, 1.54) is 6.08 Å². The molecule has 0 aliphatic heterocycles. The number of esters is 1. The van der Waals surface area contributed by atoms with Crippen LogP contribution in [0.1, 0.15) is 20.8 Å². The minimum Gasteiger partial charge on any atom is -0.462 e. The summed E-state index contributed by atoms with van der Waals surface area (Å²) in [5.74, 6) is 0.158. The first-order valence-electron chi connectivity index (χ1n) is 3.46. The Morgan fingerprint density at radius 1 is 1.60 bits per heavy atom. The number of hydrogen-bond donors (Lipinski definition) is 0. The minimum absolute atomic E-state index is 0.254. The van der Waals surface area contributed by atoms with Gasteiger partial charge < -0.3 is 4.74 Å². The lowest BCUT2D eigenvalue weighted by Gasteiger charge is -2.03. The lowest BCUT2D eigenvalue weighted by Crippen LogP contribution is -2.06. The maximum absolute atomic E-state index is 10.6. The molecule has 0 amide bonds. The molecule has 10 heavy (non-hydrogen) atoms. The first-order chi connectivity index (χ1) is 4.66. The number of carbonyl (C=O) groups excluding carboxylic acids is 1. The van der Waals surface area contributed by atoms with Crippen molar-refractivity contribution in [3.8, 4) is 0 Å². The third-order valence-corrected chi connectivity index (χ3v) is 0.862. The van der Waals surface area contributed by atoms with Crippen LogP contribution in [0.5, 0.6) is 0 Å². The van der Waals surface area contributed by atoms with Gasteiger partial charge in [0.15, 0.2) is 0 Å². The Kier molecular flexibility index (Phi) is 4.63. The first kappa shape index (κ1) is 9.21. The summed E-state index contributed by atoms with van der Waals surface area (Å²) >= 11 is 0. The van der Waals surface area contributed by atoms with E-state index in [0.29, 0.717) is 12.5 Å². The van der Waals surface area contributed by atoms with Gasteiger partial charge in [-0.2, -0.15) is 0 Å². The van der Waals surface area contributed by atoms with E-state index in [2.05, 4.69) is 0 Å². The number of allylic oxidation sites excluding steroid dienone is 1. The molecule has 0 bridgehead atoms. The zero-order valence-electron chi connectivity index (χ0n) is 6.76. The van der Waals surface area contributed by atoms with Crippen molar-refractivity contribution in [2.75, 3.05) is 6.61 Å². The molecule has 0 N–H and O–H groups in total. The van der Waals surface area contributed by atoms with Gasteiger partial charge in [0, 0.05) is 6.08 Å². The van der Waals surface area contributed by atoms with Crippen molar-refractivity contribution >= 4 is 5.97 Å². The van der Waals surface area contributed by atoms with Crippen LogP contribution in [0.4, 0.5) is 0 Å². The Morgan fingerprint density at radius 2 is 2.20 bits per heavy atom. The maximum Gasteiger partial charge on any atom is 0.330 e. The Labute approximate surface area is 61.9 Å². The summed E-state index contributed by atoms with van der Waals surface area (Å²) in [5.41, 5.74) is 0. The highest BCUT2D eigenvalue weighted by atomic mass is 16.5. The van der Waals surface area contributed by atoms with Crippen LogP contribution in [-0.2, 0) is 9.53 Å². The molecular formula is C8H14O2. The predicted molar refractivity (Wildman–Crippen MR) is 40.6 cm³/mol. The molecule has 0 aromatic carbocycles. The SMILES string of the molecule is CC=CC(=O)OCC(C)C.